The van der Waals surface area contributed by atoms with Crippen molar-refractivity contribution >= 4 is 22.2 Å². The SMILES string of the molecule is COc1ccc(CNC(=O)c2c(N)sc3c2CCCCC3)cc1. The van der Waals surface area contributed by atoms with Crippen LogP contribution in [0.25, 0.3) is 0 Å². The van der Waals surface area contributed by atoms with E-state index >= 15 is 0 Å². The zero-order valence-electron chi connectivity index (χ0n) is 13.4. The van der Waals surface area contributed by atoms with E-state index in [4.69, 9.17) is 10.5 Å². The topological polar surface area (TPSA) is 64.3 Å². The quantitative estimate of drug-likeness (QED) is 0.843. The summed E-state index contributed by atoms with van der Waals surface area (Å²) >= 11 is 1.59. The van der Waals surface area contributed by atoms with Gasteiger partial charge in [-0.1, -0.05) is 18.6 Å². The fraction of sp³-hybridized carbons (Fsp3) is 0.389. The van der Waals surface area contributed by atoms with E-state index in [1.807, 2.05) is 24.3 Å². The molecule has 5 heteroatoms. The first-order valence-corrected chi connectivity index (χ1v) is 8.82. The number of rotatable bonds is 4. The van der Waals surface area contributed by atoms with Crippen molar-refractivity contribution in [3.63, 3.8) is 0 Å². The molecule has 4 nitrogen and oxygen atoms in total. The van der Waals surface area contributed by atoms with Crippen LogP contribution in [0.1, 0.15) is 45.6 Å². The van der Waals surface area contributed by atoms with Gasteiger partial charge in [-0.15, -0.1) is 11.3 Å². The van der Waals surface area contributed by atoms with Crippen LogP contribution in [0.15, 0.2) is 24.3 Å². The van der Waals surface area contributed by atoms with Crippen molar-refractivity contribution in [3.8, 4) is 5.75 Å². The molecule has 1 aliphatic rings. The van der Waals surface area contributed by atoms with Gasteiger partial charge in [0.15, 0.2) is 0 Å². The Hall–Kier alpha value is -2.01. The van der Waals surface area contributed by atoms with Gasteiger partial charge in [0.2, 0.25) is 0 Å². The Balaban J connectivity index is 1.71. The number of carbonyl (C=O) groups is 1. The van der Waals surface area contributed by atoms with Crippen molar-refractivity contribution in [2.45, 2.75) is 38.6 Å². The Morgan fingerprint density at radius 2 is 1.96 bits per heavy atom. The molecule has 1 aromatic carbocycles. The van der Waals surface area contributed by atoms with E-state index < -0.39 is 0 Å². The van der Waals surface area contributed by atoms with Crippen molar-refractivity contribution < 1.29 is 9.53 Å². The number of benzene rings is 1. The molecule has 2 aromatic rings. The van der Waals surface area contributed by atoms with Crippen molar-refractivity contribution in [1.82, 2.24) is 5.32 Å². The third-order valence-electron chi connectivity index (χ3n) is 4.29. The minimum atomic E-state index is -0.0577. The molecule has 0 saturated carbocycles. The van der Waals surface area contributed by atoms with E-state index in [0.717, 1.165) is 30.6 Å². The largest absolute Gasteiger partial charge is 0.497 e. The normalized spacial score (nSPS) is 14.0. The van der Waals surface area contributed by atoms with Crippen LogP contribution >= 0.6 is 11.3 Å². The smallest absolute Gasteiger partial charge is 0.254 e. The molecule has 23 heavy (non-hydrogen) atoms. The number of thiophene rings is 1. The first kappa shape index (κ1) is 15.9. The second-order valence-electron chi connectivity index (χ2n) is 5.83. The molecule has 0 fully saturated rings. The zero-order valence-corrected chi connectivity index (χ0v) is 14.2. The average Bonchev–Trinajstić information content (AvgIpc) is 2.72. The first-order valence-electron chi connectivity index (χ1n) is 8.00. The second-order valence-corrected chi connectivity index (χ2v) is 6.97. The summed E-state index contributed by atoms with van der Waals surface area (Å²) in [6.45, 7) is 0.493. The highest BCUT2D eigenvalue weighted by Crippen LogP contribution is 2.35. The molecule has 3 N–H and O–H groups in total. The number of carbonyl (C=O) groups excluding carboxylic acids is 1. The summed E-state index contributed by atoms with van der Waals surface area (Å²) in [5.74, 6) is 0.755. The van der Waals surface area contributed by atoms with Gasteiger partial charge in [-0.2, -0.15) is 0 Å². The van der Waals surface area contributed by atoms with E-state index in [1.54, 1.807) is 18.4 Å². The summed E-state index contributed by atoms with van der Waals surface area (Å²) in [6, 6.07) is 7.70. The molecule has 1 aromatic heterocycles. The lowest BCUT2D eigenvalue weighted by molar-refractivity contribution is 0.0951. The van der Waals surface area contributed by atoms with Crippen LogP contribution in [0.5, 0.6) is 5.75 Å². The van der Waals surface area contributed by atoms with Gasteiger partial charge in [-0.05, 0) is 48.9 Å². The van der Waals surface area contributed by atoms with Crippen LogP contribution in [-0.4, -0.2) is 13.0 Å². The Morgan fingerprint density at radius 3 is 2.70 bits per heavy atom. The molecule has 0 spiro atoms. The van der Waals surface area contributed by atoms with Gasteiger partial charge in [-0.3, -0.25) is 4.79 Å². The number of anilines is 1. The number of nitrogen functional groups attached to an aromatic ring is 1. The predicted molar refractivity (Wildman–Crippen MR) is 94.2 cm³/mol. The number of amides is 1. The average molecular weight is 330 g/mol. The van der Waals surface area contributed by atoms with Gasteiger partial charge >= 0.3 is 0 Å². The number of ether oxygens (including phenoxy) is 1. The summed E-state index contributed by atoms with van der Waals surface area (Å²) in [6.07, 6.45) is 5.58. The Bertz CT molecular complexity index is 692. The van der Waals surface area contributed by atoms with Crippen molar-refractivity contribution in [2.75, 3.05) is 12.8 Å². The van der Waals surface area contributed by atoms with Gasteiger partial charge in [0, 0.05) is 11.4 Å². The van der Waals surface area contributed by atoms with Gasteiger partial charge < -0.3 is 15.8 Å². The van der Waals surface area contributed by atoms with Gasteiger partial charge in [0.25, 0.3) is 5.91 Å². The molecule has 0 saturated heterocycles. The fourth-order valence-corrected chi connectivity index (χ4v) is 4.18. The van der Waals surface area contributed by atoms with Crippen LogP contribution in [0, 0.1) is 0 Å². The molecule has 0 radical (unpaired) electrons. The molecule has 0 aliphatic heterocycles. The molecule has 1 amide bonds. The highest BCUT2D eigenvalue weighted by Gasteiger charge is 2.23. The molecule has 0 atom stereocenters. The van der Waals surface area contributed by atoms with Crippen LogP contribution in [0.2, 0.25) is 0 Å². The van der Waals surface area contributed by atoms with Crippen molar-refractivity contribution in [3.05, 3.63) is 45.8 Å². The van der Waals surface area contributed by atoms with Crippen LogP contribution < -0.4 is 15.8 Å². The van der Waals surface area contributed by atoms with Gasteiger partial charge in [0.05, 0.1) is 17.7 Å². The molecule has 1 aliphatic carbocycles. The second kappa shape index (κ2) is 7.04. The number of methoxy groups -OCH3 is 1. The Labute approximate surface area is 140 Å². The van der Waals surface area contributed by atoms with Crippen molar-refractivity contribution in [1.29, 1.82) is 0 Å². The van der Waals surface area contributed by atoms with E-state index in [-0.39, 0.29) is 5.91 Å². The standard InChI is InChI=1S/C18H22N2O2S/c1-22-13-9-7-12(8-10-13)11-20-18(21)16-14-5-3-2-4-6-15(14)23-17(16)19/h7-10H,2-6,11,19H2,1H3,(H,20,21). The zero-order chi connectivity index (χ0) is 16.2. The Kier molecular flexibility index (Phi) is 4.86. The first-order chi connectivity index (χ1) is 11.2. The fourth-order valence-electron chi connectivity index (χ4n) is 3.03. The predicted octanol–water partition coefficient (Wildman–Crippen LogP) is 3.54. The molecule has 0 bridgehead atoms. The van der Waals surface area contributed by atoms with E-state index in [9.17, 15) is 4.79 Å². The lowest BCUT2D eigenvalue weighted by Gasteiger charge is -2.08. The molecule has 3 rings (SSSR count). The summed E-state index contributed by atoms with van der Waals surface area (Å²) in [7, 11) is 1.64. The number of hydrogen-bond donors (Lipinski definition) is 2. The highest BCUT2D eigenvalue weighted by atomic mass is 32.1. The highest BCUT2D eigenvalue weighted by molar-refractivity contribution is 7.16. The van der Waals surface area contributed by atoms with Gasteiger partial charge in [0.1, 0.15) is 5.75 Å². The van der Waals surface area contributed by atoms with Crippen LogP contribution in [-0.2, 0) is 19.4 Å². The lowest BCUT2D eigenvalue weighted by atomic mass is 10.0. The lowest BCUT2D eigenvalue weighted by Crippen LogP contribution is -2.24. The van der Waals surface area contributed by atoms with Crippen LogP contribution in [0.3, 0.4) is 0 Å². The molecule has 122 valence electrons. The molecule has 0 unspecified atom stereocenters. The number of fused-ring (bicyclic) bond motifs is 1. The minimum absolute atomic E-state index is 0.0577. The number of nitrogens with two attached hydrogens (primary N) is 1. The maximum atomic E-state index is 12.6. The van der Waals surface area contributed by atoms with Crippen LogP contribution in [0.4, 0.5) is 5.00 Å². The summed E-state index contributed by atoms with van der Waals surface area (Å²) in [5.41, 5.74) is 9.05. The maximum absolute atomic E-state index is 12.6. The summed E-state index contributed by atoms with van der Waals surface area (Å²) in [5, 5.41) is 3.65. The molecule has 1 heterocycles. The maximum Gasteiger partial charge on any atom is 0.254 e. The summed E-state index contributed by atoms with van der Waals surface area (Å²) in [4.78, 5) is 13.9. The minimum Gasteiger partial charge on any atom is -0.497 e. The Morgan fingerprint density at radius 1 is 1.22 bits per heavy atom. The number of aryl methyl sites for hydroxylation is 1. The van der Waals surface area contributed by atoms with Gasteiger partial charge in [-0.25, -0.2) is 0 Å². The number of nitrogens with one attached hydrogen (secondary N) is 1. The van der Waals surface area contributed by atoms with E-state index in [1.165, 1.54) is 23.3 Å². The molecular weight excluding hydrogens is 308 g/mol. The van der Waals surface area contributed by atoms with E-state index in [2.05, 4.69) is 5.32 Å². The third kappa shape index (κ3) is 3.50. The van der Waals surface area contributed by atoms with Crippen molar-refractivity contribution in [2.24, 2.45) is 0 Å². The van der Waals surface area contributed by atoms with E-state index in [0.29, 0.717) is 17.1 Å². The number of hydrogen-bond acceptors (Lipinski definition) is 4. The monoisotopic (exact) mass is 330 g/mol. The summed E-state index contributed by atoms with van der Waals surface area (Å²) < 4.78 is 5.14. The third-order valence-corrected chi connectivity index (χ3v) is 5.41. The molecular formula is C18H22N2O2S.